The van der Waals surface area contributed by atoms with Gasteiger partial charge < -0.3 is 4.74 Å². The van der Waals surface area contributed by atoms with Crippen LogP contribution in [-0.4, -0.2) is 22.9 Å². The summed E-state index contributed by atoms with van der Waals surface area (Å²) in [6, 6.07) is 7.26. The SMILES string of the molecule is COc1cc(CC(=O)c2cccc(Br)c2C)ncn1. The van der Waals surface area contributed by atoms with E-state index in [0.29, 0.717) is 17.1 Å². The average Bonchev–Trinajstić information content (AvgIpc) is 2.42. The van der Waals surface area contributed by atoms with Gasteiger partial charge in [-0.05, 0) is 18.6 Å². The first kappa shape index (κ1) is 13.7. The number of methoxy groups -OCH3 is 1. The van der Waals surface area contributed by atoms with Crippen molar-refractivity contribution in [3.8, 4) is 5.88 Å². The number of ketones is 1. The summed E-state index contributed by atoms with van der Waals surface area (Å²) in [5.74, 6) is 0.489. The Bertz CT molecular complexity index is 614. The van der Waals surface area contributed by atoms with Gasteiger partial charge in [-0.3, -0.25) is 4.79 Å². The van der Waals surface area contributed by atoms with Crippen molar-refractivity contribution in [2.24, 2.45) is 0 Å². The minimum atomic E-state index is 0.0274. The number of hydrogen-bond donors (Lipinski definition) is 0. The van der Waals surface area contributed by atoms with E-state index in [-0.39, 0.29) is 12.2 Å². The molecule has 0 radical (unpaired) electrons. The van der Waals surface area contributed by atoms with Crippen LogP contribution in [0.5, 0.6) is 5.88 Å². The Morgan fingerprint density at radius 3 is 2.89 bits per heavy atom. The van der Waals surface area contributed by atoms with E-state index in [0.717, 1.165) is 10.0 Å². The summed E-state index contributed by atoms with van der Waals surface area (Å²) >= 11 is 3.42. The van der Waals surface area contributed by atoms with Gasteiger partial charge in [-0.25, -0.2) is 9.97 Å². The molecule has 0 bridgehead atoms. The first-order valence-corrected chi connectivity index (χ1v) is 6.54. The first-order valence-electron chi connectivity index (χ1n) is 5.75. The molecule has 0 amide bonds. The third-order valence-electron chi connectivity index (χ3n) is 2.82. The zero-order valence-corrected chi connectivity index (χ0v) is 12.3. The van der Waals surface area contributed by atoms with Gasteiger partial charge in [-0.2, -0.15) is 0 Å². The third-order valence-corrected chi connectivity index (χ3v) is 3.68. The van der Waals surface area contributed by atoms with E-state index in [2.05, 4.69) is 25.9 Å². The Balaban J connectivity index is 2.23. The van der Waals surface area contributed by atoms with E-state index in [1.54, 1.807) is 6.07 Å². The number of carbonyl (C=O) groups excluding carboxylic acids is 1. The van der Waals surface area contributed by atoms with Crippen molar-refractivity contribution in [2.45, 2.75) is 13.3 Å². The number of Topliss-reactive ketones (excluding diaryl/α,β-unsaturated/α-hetero) is 1. The van der Waals surface area contributed by atoms with E-state index in [1.165, 1.54) is 13.4 Å². The lowest BCUT2D eigenvalue weighted by Gasteiger charge is -2.07. The molecule has 0 N–H and O–H groups in total. The summed E-state index contributed by atoms with van der Waals surface area (Å²) < 4.78 is 5.94. The summed E-state index contributed by atoms with van der Waals surface area (Å²) in [6.45, 7) is 1.91. The largest absolute Gasteiger partial charge is 0.481 e. The molecule has 2 rings (SSSR count). The number of hydrogen-bond acceptors (Lipinski definition) is 4. The lowest BCUT2D eigenvalue weighted by molar-refractivity contribution is 0.0991. The summed E-state index contributed by atoms with van der Waals surface area (Å²) in [6.07, 6.45) is 1.63. The van der Waals surface area contributed by atoms with Gasteiger partial charge in [0.1, 0.15) is 6.33 Å². The van der Waals surface area contributed by atoms with Crippen LogP contribution in [-0.2, 0) is 6.42 Å². The predicted molar refractivity (Wildman–Crippen MR) is 75.5 cm³/mol. The highest BCUT2D eigenvalue weighted by molar-refractivity contribution is 9.10. The maximum absolute atomic E-state index is 12.3. The number of nitrogens with zero attached hydrogens (tertiary/aromatic N) is 2. The van der Waals surface area contributed by atoms with Crippen LogP contribution in [0.2, 0.25) is 0 Å². The van der Waals surface area contributed by atoms with Gasteiger partial charge in [0.05, 0.1) is 19.2 Å². The molecule has 0 aliphatic carbocycles. The van der Waals surface area contributed by atoms with Crippen LogP contribution < -0.4 is 4.74 Å². The predicted octanol–water partition coefficient (Wildman–Crippen LogP) is 2.98. The lowest BCUT2D eigenvalue weighted by Crippen LogP contribution is -2.07. The first-order chi connectivity index (χ1) is 9.11. The molecule has 98 valence electrons. The fourth-order valence-electron chi connectivity index (χ4n) is 1.75. The molecule has 2 aromatic rings. The smallest absolute Gasteiger partial charge is 0.216 e. The fourth-order valence-corrected chi connectivity index (χ4v) is 2.12. The molecule has 1 aromatic carbocycles. The maximum Gasteiger partial charge on any atom is 0.216 e. The Kier molecular flexibility index (Phi) is 4.27. The Labute approximate surface area is 120 Å². The van der Waals surface area contributed by atoms with Crippen molar-refractivity contribution in [3.05, 3.63) is 51.9 Å². The fraction of sp³-hybridized carbons (Fsp3) is 0.214. The van der Waals surface area contributed by atoms with Crippen LogP contribution in [0.3, 0.4) is 0 Å². The van der Waals surface area contributed by atoms with E-state index in [9.17, 15) is 4.79 Å². The molecule has 0 aliphatic heterocycles. The van der Waals surface area contributed by atoms with E-state index in [1.807, 2.05) is 25.1 Å². The summed E-state index contributed by atoms with van der Waals surface area (Å²) in [4.78, 5) is 20.3. The number of benzene rings is 1. The van der Waals surface area contributed by atoms with Crippen LogP contribution >= 0.6 is 15.9 Å². The van der Waals surface area contributed by atoms with Gasteiger partial charge >= 0.3 is 0 Å². The molecule has 0 atom stereocenters. The number of carbonyl (C=O) groups is 1. The Morgan fingerprint density at radius 2 is 2.16 bits per heavy atom. The van der Waals surface area contributed by atoms with Gasteiger partial charge in [-0.1, -0.05) is 28.1 Å². The Hall–Kier alpha value is -1.75. The minimum Gasteiger partial charge on any atom is -0.481 e. The van der Waals surface area contributed by atoms with E-state index >= 15 is 0 Å². The van der Waals surface area contributed by atoms with E-state index < -0.39 is 0 Å². The highest BCUT2D eigenvalue weighted by Crippen LogP contribution is 2.21. The van der Waals surface area contributed by atoms with Crippen molar-refractivity contribution in [3.63, 3.8) is 0 Å². The molecule has 5 heteroatoms. The molecule has 0 saturated heterocycles. The van der Waals surface area contributed by atoms with Gasteiger partial charge in [0.2, 0.25) is 5.88 Å². The highest BCUT2D eigenvalue weighted by Gasteiger charge is 2.12. The molecule has 0 aliphatic rings. The number of ether oxygens (including phenoxy) is 1. The van der Waals surface area contributed by atoms with E-state index in [4.69, 9.17) is 4.74 Å². The van der Waals surface area contributed by atoms with Gasteiger partial charge in [-0.15, -0.1) is 0 Å². The van der Waals surface area contributed by atoms with Crippen LogP contribution in [0.25, 0.3) is 0 Å². The van der Waals surface area contributed by atoms with Crippen molar-refractivity contribution in [1.29, 1.82) is 0 Å². The molecule has 0 unspecified atom stereocenters. The second kappa shape index (κ2) is 5.93. The number of halogens is 1. The van der Waals surface area contributed by atoms with Crippen molar-refractivity contribution < 1.29 is 9.53 Å². The minimum absolute atomic E-state index is 0.0274. The average molecular weight is 321 g/mol. The molecule has 0 fully saturated rings. The molecular weight excluding hydrogens is 308 g/mol. The molecule has 1 heterocycles. The van der Waals surface area contributed by atoms with Crippen LogP contribution in [0, 0.1) is 6.92 Å². The van der Waals surface area contributed by atoms with Crippen LogP contribution in [0.4, 0.5) is 0 Å². The molecule has 1 aromatic heterocycles. The summed E-state index contributed by atoms with van der Waals surface area (Å²) in [5.41, 5.74) is 2.29. The maximum atomic E-state index is 12.3. The Morgan fingerprint density at radius 1 is 1.37 bits per heavy atom. The monoisotopic (exact) mass is 320 g/mol. The van der Waals surface area contributed by atoms with Crippen molar-refractivity contribution in [1.82, 2.24) is 9.97 Å². The molecule has 0 spiro atoms. The number of aromatic nitrogens is 2. The summed E-state index contributed by atoms with van der Waals surface area (Å²) in [7, 11) is 1.53. The zero-order valence-electron chi connectivity index (χ0n) is 10.7. The second-order valence-electron chi connectivity index (χ2n) is 4.06. The molecule has 4 nitrogen and oxygen atoms in total. The standard InChI is InChI=1S/C14H13BrN2O2/c1-9-11(4-3-5-12(9)15)13(18)6-10-7-14(19-2)17-8-16-10/h3-5,7-8H,6H2,1-2H3. The van der Waals surface area contributed by atoms with Crippen LogP contribution in [0.15, 0.2) is 35.1 Å². The normalized spacial score (nSPS) is 10.3. The molecular formula is C14H13BrN2O2. The van der Waals surface area contributed by atoms with Gasteiger partial charge in [0.25, 0.3) is 0 Å². The van der Waals surface area contributed by atoms with Gasteiger partial charge in [0.15, 0.2) is 5.78 Å². The number of rotatable bonds is 4. The second-order valence-corrected chi connectivity index (χ2v) is 4.92. The van der Waals surface area contributed by atoms with Crippen molar-refractivity contribution >= 4 is 21.7 Å². The highest BCUT2D eigenvalue weighted by atomic mass is 79.9. The van der Waals surface area contributed by atoms with Gasteiger partial charge in [0, 0.05) is 16.1 Å². The molecule has 0 saturated carbocycles. The quantitative estimate of drug-likeness (QED) is 0.813. The zero-order chi connectivity index (χ0) is 13.8. The molecule has 19 heavy (non-hydrogen) atoms. The van der Waals surface area contributed by atoms with Crippen molar-refractivity contribution in [2.75, 3.05) is 7.11 Å². The third kappa shape index (κ3) is 3.17. The summed E-state index contributed by atoms with van der Waals surface area (Å²) in [5, 5.41) is 0. The topological polar surface area (TPSA) is 52.1 Å². The van der Waals surface area contributed by atoms with Crippen LogP contribution in [0.1, 0.15) is 21.6 Å². The lowest BCUT2D eigenvalue weighted by atomic mass is 10.0.